The zero-order valence-electron chi connectivity index (χ0n) is 14.7. The van der Waals surface area contributed by atoms with Gasteiger partial charge in [0.1, 0.15) is 5.75 Å². The number of ether oxygens (including phenoxy) is 1. The smallest absolute Gasteiger partial charge is 0.248 e. The molecule has 0 saturated carbocycles. The molecular weight excluding hydrogens is 378 g/mol. The van der Waals surface area contributed by atoms with Crippen molar-refractivity contribution in [1.82, 2.24) is 0 Å². The maximum absolute atomic E-state index is 12.2. The zero-order chi connectivity index (χ0) is 18.1. The van der Waals surface area contributed by atoms with E-state index in [4.69, 9.17) is 4.74 Å². The van der Waals surface area contributed by atoms with Gasteiger partial charge in [-0.25, -0.2) is 0 Å². The number of benzene rings is 2. The summed E-state index contributed by atoms with van der Waals surface area (Å²) in [4.78, 5) is 12.2. The highest BCUT2D eigenvalue weighted by Gasteiger charge is 2.05. The Labute approximate surface area is 158 Å². The van der Waals surface area contributed by atoms with Crippen molar-refractivity contribution < 1.29 is 9.53 Å². The molecule has 0 aromatic heterocycles. The molecule has 0 aliphatic carbocycles. The second kappa shape index (κ2) is 10.0. The normalized spacial score (nSPS) is 10.8. The topological polar surface area (TPSA) is 38.3 Å². The Hall–Kier alpha value is -2.07. The van der Waals surface area contributed by atoms with Gasteiger partial charge >= 0.3 is 0 Å². The van der Waals surface area contributed by atoms with Crippen LogP contribution in [0.3, 0.4) is 0 Å². The van der Waals surface area contributed by atoms with Gasteiger partial charge in [-0.05, 0) is 65.5 Å². The number of carbonyl (C=O) groups excluding carboxylic acids is 1. The van der Waals surface area contributed by atoms with Crippen molar-refractivity contribution in [3.8, 4) is 5.75 Å². The zero-order valence-corrected chi connectivity index (χ0v) is 16.3. The highest BCUT2D eigenvalue weighted by molar-refractivity contribution is 9.10. The van der Waals surface area contributed by atoms with Gasteiger partial charge in [-0.2, -0.15) is 0 Å². The summed E-state index contributed by atoms with van der Waals surface area (Å²) in [5, 5.41) is 2.90. The minimum atomic E-state index is -0.173. The Morgan fingerprint density at radius 3 is 2.72 bits per heavy atom. The van der Waals surface area contributed by atoms with E-state index in [2.05, 4.69) is 40.3 Å². The van der Waals surface area contributed by atoms with Crippen molar-refractivity contribution in [1.29, 1.82) is 0 Å². The van der Waals surface area contributed by atoms with Crippen molar-refractivity contribution in [2.75, 3.05) is 11.9 Å². The van der Waals surface area contributed by atoms with E-state index in [-0.39, 0.29) is 5.91 Å². The molecule has 25 heavy (non-hydrogen) atoms. The fourth-order valence-electron chi connectivity index (χ4n) is 2.44. The molecule has 0 heterocycles. The summed E-state index contributed by atoms with van der Waals surface area (Å²) in [5.41, 5.74) is 2.93. The van der Waals surface area contributed by atoms with Gasteiger partial charge in [0.05, 0.1) is 12.3 Å². The number of anilines is 1. The lowest BCUT2D eigenvalue weighted by atomic mass is 10.1. The van der Waals surface area contributed by atoms with Gasteiger partial charge in [0, 0.05) is 16.1 Å². The van der Waals surface area contributed by atoms with E-state index >= 15 is 0 Å². The molecule has 2 aromatic rings. The predicted molar refractivity (Wildman–Crippen MR) is 108 cm³/mol. The van der Waals surface area contributed by atoms with E-state index in [1.54, 1.807) is 6.08 Å². The molecule has 1 amide bonds. The van der Waals surface area contributed by atoms with Crippen LogP contribution in [0.4, 0.5) is 5.69 Å². The van der Waals surface area contributed by atoms with E-state index < -0.39 is 0 Å². The van der Waals surface area contributed by atoms with Gasteiger partial charge < -0.3 is 10.1 Å². The van der Waals surface area contributed by atoms with E-state index in [1.165, 1.54) is 24.5 Å². The van der Waals surface area contributed by atoms with Gasteiger partial charge in [-0.1, -0.05) is 37.6 Å². The van der Waals surface area contributed by atoms with Crippen LogP contribution in [-0.4, -0.2) is 12.5 Å². The molecule has 0 bridgehead atoms. The van der Waals surface area contributed by atoms with Crippen LogP contribution in [0, 0.1) is 0 Å². The Morgan fingerprint density at radius 1 is 1.20 bits per heavy atom. The fraction of sp³-hybridized carbons (Fsp3) is 0.286. The molecule has 0 radical (unpaired) electrons. The first-order valence-electron chi connectivity index (χ1n) is 8.63. The number of nitrogens with one attached hydrogen (secondary N) is 1. The summed E-state index contributed by atoms with van der Waals surface area (Å²) in [6.07, 6.45) is 6.68. The molecule has 3 nitrogen and oxygen atoms in total. The van der Waals surface area contributed by atoms with Crippen molar-refractivity contribution in [3.05, 3.63) is 64.1 Å². The standard InChI is InChI=1S/C21H24BrNO2/c1-3-5-8-16-11-13-19(18(22)15-16)23-21(24)14-12-17-9-6-7-10-20(17)25-4-2/h6-7,9-15H,3-5,8H2,1-2H3,(H,23,24)/b14-12+. The average Bonchev–Trinajstić information content (AvgIpc) is 2.61. The number of unbranched alkanes of at least 4 members (excludes halogenated alkanes) is 1. The van der Waals surface area contributed by atoms with Crippen molar-refractivity contribution in [3.63, 3.8) is 0 Å². The van der Waals surface area contributed by atoms with Crippen LogP contribution in [0.2, 0.25) is 0 Å². The summed E-state index contributed by atoms with van der Waals surface area (Å²) in [6.45, 7) is 4.71. The van der Waals surface area contributed by atoms with Crippen LogP contribution < -0.4 is 10.1 Å². The number of hydrogen-bond donors (Lipinski definition) is 1. The number of hydrogen-bond acceptors (Lipinski definition) is 2. The number of amides is 1. The van der Waals surface area contributed by atoms with E-state index in [0.717, 1.165) is 27.9 Å². The van der Waals surface area contributed by atoms with Crippen LogP contribution >= 0.6 is 15.9 Å². The predicted octanol–water partition coefficient (Wildman–Crippen LogP) is 5.84. The molecule has 4 heteroatoms. The number of rotatable bonds is 8. The second-order valence-electron chi connectivity index (χ2n) is 5.71. The molecule has 0 aliphatic rings. The average molecular weight is 402 g/mol. The molecule has 0 aliphatic heterocycles. The fourth-order valence-corrected chi connectivity index (χ4v) is 2.97. The van der Waals surface area contributed by atoms with Gasteiger partial charge in [0.2, 0.25) is 5.91 Å². The first-order valence-corrected chi connectivity index (χ1v) is 9.42. The van der Waals surface area contributed by atoms with E-state index in [0.29, 0.717) is 6.61 Å². The third kappa shape index (κ3) is 6.05. The third-order valence-electron chi connectivity index (χ3n) is 3.74. The Morgan fingerprint density at radius 2 is 2.00 bits per heavy atom. The summed E-state index contributed by atoms with van der Waals surface area (Å²) in [6, 6.07) is 13.7. The van der Waals surface area contributed by atoms with E-state index in [9.17, 15) is 4.79 Å². The second-order valence-corrected chi connectivity index (χ2v) is 6.57. The van der Waals surface area contributed by atoms with E-state index in [1.807, 2.05) is 37.3 Å². The maximum Gasteiger partial charge on any atom is 0.248 e. The van der Waals surface area contributed by atoms with Crippen LogP contribution in [0.25, 0.3) is 6.08 Å². The molecule has 0 unspecified atom stereocenters. The number of para-hydroxylation sites is 1. The van der Waals surface area contributed by atoms with Crippen molar-refractivity contribution >= 4 is 33.6 Å². The Kier molecular flexibility index (Phi) is 7.74. The molecule has 1 N–H and O–H groups in total. The SMILES string of the molecule is CCCCc1ccc(NC(=O)/C=C/c2ccccc2OCC)c(Br)c1. The van der Waals surface area contributed by atoms with Gasteiger partial charge in [-0.3, -0.25) is 4.79 Å². The van der Waals surface area contributed by atoms with Crippen LogP contribution in [0.15, 0.2) is 53.0 Å². The molecule has 132 valence electrons. The molecule has 2 aromatic carbocycles. The number of halogens is 1. The van der Waals surface area contributed by atoms with Crippen LogP contribution in [0.1, 0.15) is 37.8 Å². The maximum atomic E-state index is 12.2. The molecule has 0 spiro atoms. The lowest BCUT2D eigenvalue weighted by molar-refractivity contribution is -0.111. The lowest BCUT2D eigenvalue weighted by Gasteiger charge is -2.08. The molecular formula is C21H24BrNO2. The van der Waals surface area contributed by atoms with Gasteiger partial charge in [-0.15, -0.1) is 0 Å². The van der Waals surface area contributed by atoms with Crippen LogP contribution in [-0.2, 0) is 11.2 Å². The number of carbonyl (C=O) groups is 1. The quantitative estimate of drug-likeness (QED) is 0.563. The first-order chi connectivity index (χ1) is 12.1. The highest BCUT2D eigenvalue weighted by atomic mass is 79.9. The summed E-state index contributed by atoms with van der Waals surface area (Å²) in [7, 11) is 0. The summed E-state index contributed by atoms with van der Waals surface area (Å²) in [5.74, 6) is 0.601. The molecule has 2 rings (SSSR count). The monoisotopic (exact) mass is 401 g/mol. The molecule has 0 saturated heterocycles. The van der Waals surface area contributed by atoms with Gasteiger partial charge in [0.25, 0.3) is 0 Å². The Bertz CT molecular complexity index is 740. The number of aryl methyl sites for hydroxylation is 1. The third-order valence-corrected chi connectivity index (χ3v) is 4.40. The minimum Gasteiger partial charge on any atom is -0.493 e. The van der Waals surface area contributed by atoms with Crippen molar-refractivity contribution in [2.24, 2.45) is 0 Å². The minimum absolute atomic E-state index is 0.173. The Balaban J connectivity index is 2.03. The van der Waals surface area contributed by atoms with Gasteiger partial charge in [0.15, 0.2) is 0 Å². The van der Waals surface area contributed by atoms with Crippen LogP contribution in [0.5, 0.6) is 5.75 Å². The summed E-state index contributed by atoms with van der Waals surface area (Å²) >= 11 is 3.54. The molecule has 0 fully saturated rings. The summed E-state index contributed by atoms with van der Waals surface area (Å²) < 4.78 is 6.46. The lowest BCUT2D eigenvalue weighted by Crippen LogP contribution is -2.08. The largest absolute Gasteiger partial charge is 0.493 e. The first kappa shape index (κ1) is 19.3. The highest BCUT2D eigenvalue weighted by Crippen LogP contribution is 2.25. The molecule has 0 atom stereocenters. The van der Waals surface area contributed by atoms with Crippen molar-refractivity contribution in [2.45, 2.75) is 33.1 Å².